The molecule has 0 atom stereocenters. The molecule has 660 valence electrons. The minimum Gasteiger partial charge on any atom is -0.436 e. The van der Waals surface area contributed by atoms with Crippen LogP contribution < -0.4 is 28.4 Å². The van der Waals surface area contributed by atoms with Crippen LogP contribution >= 0.6 is 11.6 Å². The summed E-state index contributed by atoms with van der Waals surface area (Å²) < 4.78 is 46.2. The van der Waals surface area contributed by atoms with Gasteiger partial charge in [0.1, 0.15) is 77.5 Å². The van der Waals surface area contributed by atoms with E-state index in [-0.39, 0.29) is 42.7 Å². The average molecular weight is 1800 g/mol. The molecule has 0 radical (unpaired) electrons. The zero-order valence-corrected chi connectivity index (χ0v) is 70.4. The van der Waals surface area contributed by atoms with Gasteiger partial charge >= 0.3 is 36.9 Å². The number of carbonyl (C=O) groups excluding carboxylic acids is 12. The van der Waals surface area contributed by atoms with Crippen molar-refractivity contribution >= 4 is 48.5 Å². The molecule has 132 heavy (non-hydrogen) atoms. The fraction of sp³-hybridized carbons (Fsp3) is 0.0426. The quantitative estimate of drug-likeness (QED) is 0.0464. The molecule has 0 saturated carbocycles. The van der Waals surface area contributed by atoms with Crippen LogP contribution in [0.4, 0.5) is 4.39 Å². The second-order valence-electron chi connectivity index (χ2n) is 25.5. The summed E-state index contributed by atoms with van der Waals surface area (Å²) in [5.41, 5.74) is 18.3. The Labute approximate surface area is 753 Å². The van der Waals surface area contributed by atoms with E-state index in [1.54, 1.807) is 18.2 Å². The zero-order valence-electron chi connectivity index (χ0n) is 69.6. The van der Waals surface area contributed by atoms with E-state index in [1.807, 2.05) is 176 Å². The van der Waals surface area contributed by atoms with Crippen LogP contribution in [0.2, 0.25) is 5.02 Å². The number of rotatable bonds is 18. The first-order valence-electron chi connectivity index (χ1n) is 38.0. The number of aromatic amines is 6. The normalized spacial score (nSPS) is 9.32. The number of benzene rings is 12. The SMILES string of the molecule is Cc1ccc(-c2ccc(Oc3cn[nH]n3)cc2)cc1.Cc1ccc(-c2ccc(Oc3cn[nH]n3)cc2)cc1.Cc1cccc(-c2ccc(Oc3cn[nH]n3)cc2)c1.Cc1ccccc1-c1ccc(Oc2cn[nH]n2)cc1.Clc1ccccc1-c1ccc(Oc2cn[nH]n2)cc1.Fc1cccc(-c2ccc(Oc3cn[nH]n3)cc2)c1.O=C=O.O=C=O.O=C=O.O=C=O.O=C=O.O=C=O. The van der Waals surface area contributed by atoms with Gasteiger partial charge in [-0.2, -0.15) is 119 Å². The first kappa shape index (κ1) is 99.9. The van der Waals surface area contributed by atoms with Gasteiger partial charge in [0.25, 0.3) is 35.3 Å². The summed E-state index contributed by atoms with van der Waals surface area (Å²) in [4.78, 5) is 97.5. The Morgan fingerprint density at radius 3 is 0.712 bits per heavy atom. The van der Waals surface area contributed by atoms with E-state index in [1.165, 1.54) is 99.4 Å². The van der Waals surface area contributed by atoms with Gasteiger partial charge in [0.15, 0.2) is 0 Å². The number of aromatic nitrogens is 18. The molecule has 38 heteroatoms. The molecular weight excluding hydrogens is 1720 g/mol. The molecule has 0 spiro atoms. The van der Waals surface area contributed by atoms with Gasteiger partial charge in [-0.25, -0.2) is 4.39 Å². The first-order valence-corrected chi connectivity index (χ1v) is 38.3. The molecular formula is C94H72ClFN18O18. The van der Waals surface area contributed by atoms with E-state index in [4.69, 9.17) is 97.6 Å². The van der Waals surface area contributed by atoms with Crippen LogP contribution in [0.3, 0.4) is 0 Å². The van der Waals surface area contributed by atoms with Gasteiger partial charge in [0.05, 0.1) is 0 Å². The minimum atomic E-state index is -0.250. The summed E-state index contributed by atoms with van der Waals surface area (Å²) in [6, 6.07) is 94.4. The van der Waals surface area contributed by atoms with E-state index in [2.05, 4.69) is 205 Å². The number of ether oxygens (including phenoxy) is 6. The first-order chi connectivity index (χ1) is 64.4. The van der Waals surface area contributed by atoms with Crippen LogP contribution in [0.25, 0.3) is 66.8 Å². The van der Waals surface area contributed by atoms with Gasteiger partial charge in [0.2, 0.25) is 0 Å². The van der Waals surface area contributed by atoms with Gasteiger partial charge < -0.3 is 28.4 Å². The molecule has 18 rings (SSSR count). The lowest BCUT2D eigenvalue weighted by atomic mass is 10.0. The maximum Gasteiger partial charge on any atom is 0.373 e. The Morgan fingerprint density at radius 1 is 0.235 bits per heavy atom. The Bertz CT molecular complexity index is 6070. The molecule has 0 aliphatic carbocycles. The van der Waals surface area contributed by atoms with Crippen molar-refractivity contribution in [3.8, 4) is 137 Å². The summed E-state index contributed by atoms with van der Waals surface area (Å²) in [7, 11) is 0. The van der Waals surface area contributed by atoms with Crippen molar-refractivity contribution in [2.24, 2.45) is 0 Å². The Morgan fingerprint density at radius 2 is 0.462 bits per heavy atom. The molecule has 12 aromatic carbocycles. The van der Waals surface area contributed by atoms with E-state index in [0.717, 1.165) is 67.0 Å². The minimum absolute atomic E-state index is 0.250. The summed E-state index contributed by atoms with van der Waals surface area (Å²) >= 11 is 6.16. The number of nitrogens with one attached hydrogen (secondary N) is 6. The predicted octanol–water partition coefficient (Wildman–Crippen LogP) is 18.1. The zero-order chi connectivity index (χ0) is 94.7. The van der Waals surface area contributed by atoms with Crippen LogP contribution in [0, 0.1) is 33.5 Å². The van der Waals surface area contributed by atoms with Crippen LogP contribution in [-0.2, 0) is 57.5 Å². The third kappa shape index (κ3) is 35.9. The molecule has 6 N–H and O–H groups in total. The van der Waals surface area contributed by atoms with Crippen molar-refractivity contribution in [3.63, 3.8) is 0 Å². The molecule has 0 fully saturated rings. The molecule has 0 unspecified atom stereocenters. The van der Waals surface area contributed by atoms with Crippen molar-refractivity contribution in [2.75, 3.05) is 0 Å². The number of halogens is 2. The van der Waals surface area contributed by atoms with E-state index < -0.39 is 0 Å². The third-order valence-electron chi connectivity index (χ3n) is 16.7. The molecule has 6 aromatic heterocycles. The van der Waals surface area contributed by atoms with Crippen molar-refractivity contribution in [1.29, 1.82) is 0 Å². The number of hydrogen-bond acceptors (Lipinski definition) is 30. The van der Waals surface area contributed by atoms with Crippen LogP contribution in [0.5, 0.6) is 69.8 Å². The number of nitrogens with zero attached hydrogens (tertiary/aromatic N) is 12. The average Bonchev–Trinajstić information content (AvgIpc) is 1.61. The molecule has 18 aromatic rings. The largest absolute Gasteiger partial charge is 0.436 e. The summed E-state index contributed by atoms with van der Waals surface area (Å²) in [5, 5.41) is 60.8. The predicted molar refractivity (Wildman–Crippen MR) is 464 cm³/mol. The van der Waals surface area contributed by atoms with E-state index >= 15 is 0 Å². The molecule has 0 saturated heterocycles. The highest BCUT2D eigenvalue weighted by atomic mass is 35.5. The molecule has 0 bridgehead atoms. The molecule has 0 aliphatic rings. The van der Waals surface area contributed by atoms with Crippen molar-refractivity contribution in [1.82, 2.24) is 92.5 Å². The standard InChI is InChI=1S/4C15H13N3O.C14H10ClN3O.C14H10FN3O.6CO2/c2*1-11-2-4-12(5-3-11)13-6-8-14(9-7-13)19-15-10-16-18-17-15;1-11-3-2-4-13(9-11)12-5-7-14(8-6-12)19-15-10-16-18-17-15;1-11-4-2-3-5-14(11)12-6-8-13(9-7-12)19-15-10-16-18-17-15;15-13-4-2-1-3-12(13)10-5-7-11(8-6-10)19-14-9-16-18-17-14;15-12-3-1-2-11(8-12)10-4-6-13(7-5-10)19-14-9-16-18-17-14;6*2-1-3/h4*2-10H,1H3,(H,16,17,18);2*1-9H,(H,16,17,18);;;;;;. The maximum atomic E-state index is 13.1. The number of aryl methyl sites for hydroxylation is 4. The smallest absolute Gasteiger partial charge is 0.373 e. The summed E-state index contributed by atoms with van der Waals surface area (Å²) in [6.45, 7) is 8.36. The molecule has 36 nitrogen and oxygen atoms in total. The molecule has 6 heterocycles. The Balaban J connectivity index is 0.000000208. The number of H-pyrrole nitrogens is 6. The highest BCUT2D eigenvalue weighted by Crippen LogP contribution is 2.34. The van der Waals surface area contributed by atoms with Crippen LogP contribution in [0.15, 0.2) is 328 Å². The van der Waals surface area contributed by atoms with Gasteiger partial charge in [-0.3, -0.25) is 0 Å². The van der Waals surface area contributed by atoms with Gasteiger partial charge in [0, 0.05) is 10.6 Å². The summed E-state index contributed by atoms with van der Waals surface area (Å²) in [6.07, 6.45) is 10.6. The molecule has 0 aliphatic heterocycles. The Kier molecular flexibility index (Phi) is 43.3. The van der Waals surface area contributed by atoms with Gasteiger partial charge in [-0.15, -0.1) is 30.6 Å². The molecule has 0 amide bonds. The number of hydrogen-bond donors (Lipinski definition) is 6. The fourth-order valence-corrected chi connectivity index (χ4v) is 11.3. The van der Waals surface area contributed by atoms with Gasteiger partial charge in [-0.1, -0.05) is 228 Å². The highest BCUT2D eigenvalue weighted by Gasteiger charge is 2.10. The van der Waals surface area contributed by atoms with E-state index in [0.29, 0.717) is 46.8 Å². The van der Waals surface area contributed by atoms with Crippen LogP contribution in [-0.4, -0.2) is 129 Å². The third-order valence-corrected chi connectivity index (χ3v) is 17.1. The lowest BCUT2D eigenvalue weighted by Crippen LogP contribution is -1.86. The highest BCUT2D eigenvalue weighted by molar-refractivity contribution is 6.33. The second kappa shape index (κ2) is 57.3. The maximum absolute atomic E-state index is 13.1. The van der Waals surface area contributed by atoms with Crippen molar-refractivity contribution < 1.29 is 90.3 Å². The topological polar surface area (TPSA) is 510 Å². The van der Waals surface area contributed by atoms with Gasteiger partial charge in [-0.05, 0) is 185 Å². The Hall–Kier alpha value is -19.2. The second-order valence-corrected chi connectivity index (χ2v) is 25.9. The van der Waals surface area contributed by atoms with Crippen molar-refractivity contribution in [2.45, 2.75) is 27.7 Å². The van der Waals surface area contributed by atoms with Crippen LogP contribution in [0.1, 0.15) is 22.3 Å². The van der Waals surface area contributed by atoms with E-state index in [9.17, 15) is 4.39 Å². The monoisotopic (exact) mass is 1790 g/mol. The summed E-state index contributed by atoms with van der Waals surface area (Å²) in [5.74, 6) is 6.74. The van der Waals surface area contributed by atoms with Crippen molar-refractivity contribution in [3.05, 3.63) is 361 Å². The fourth-order valence-electron chi connectivity index (χ4n) is 11.0. The lowest BCUT2D eigenvalue weighted by Gasteiger charge is -2.07. The lowest BCUT2D eigenvalue weighted by molar-refractivity contribution is -0.193.